The molecule has 0 aliphatic heterocycles. The summed E-state index contributed by atoms with van der Waals surface area (Å²) in [5.74, 6) is -0.0552. The third-order valence-corrected chi connectivity index (χ3v) is 7.62. The molecule has 0 radical (unpaired) electrons. The van der Waals surface area contributed by atoms with E-state index >= 15 is 0 Å². The molecule has 0 saturated carbocycles. The third-order valence-electron chi connectivity index (χ3n) is 6.15. The first-order valence-electron chi connectivity index (χ1n) is 12.4. The van der Waals surface area contributed by atoms with Gasteiger partial charge in [0.15, 0.2) is 11.0 Å². The fourth-order valence-corrected chi connectivity index (χ4v) is 5.29. The van der Waals surface area contributed by atoms with Crippen molar-refractivity contribution in [3.8, 4) is 11.4 Å². The fourth-order valence-electron chi connectivity index (χ4n) is 4.07. The topological polar surface area (TPSA) is 59.8 Å². The Kier molecular flexibility index (Phi) is 8.75. The lowest BCUT2D eigenvalue weighted by Crippen LogP contribution is -2.22. The number of nitrogens with one attached hydrogen (secondary N) is 1. The number of hydrogen-bond acceptors (Lipinski definition) is 4. The van der Waals surface area contributed by atoms with Gasteiger partial charge < -0.3 is 5.32 Å². The molecule has 1 N–H and O–H groups in total. The number of allylic oxidation sites excluding steroid dienone is 1. The number of hydrogen-bond donors (Lipinski definition) is 1. The van der Waals surface area contributed by atoms with E-state index in [-0.39, 0.29) is 16.1 Å². The number of halogens is 4. The van der Waals surface area contributed by atoms with Crippen LogP contribution in [0.4, 0.5) is 18.9 Å². The molecule has 1 atom stereocenters. The number of alkyl halides is 3. The van der Waals surface area contributed by atoms with Crippen LogP contribution in [0, 0.1) is 0 Å². The van der Waals surface area contributed by atoms with Crippen LogP contribution in [-0.2, 0) is 22.9 Å². The average molecular weight is 585 g/mol. The van der Waals surface area contributed by atoms with Crippen molar-refractivity contribution in [2.24, 2.45) is 0 Å². The van der Waals surface area contributed by atoms with Crippen molar-refractivity contribution >= 4 is 35.0 Å². The maximum atomic E-state index is 13.7. The van der Waals surface area contributed by atoms with E-state index in [0.717, 1.165) is 29.5 Å². The molecular weight excluding hydrogens is 557 g/mol. The Morgan fingerprint density at radius 3 is 2.33 bits per heavy atom. The van der Waals surface area contributed by atoms with E-state index in [4.69, 9.17) is 11.6 Å². The van der Waals surface area contributed by atoms with Crippen LogP contribution in [0.1, 0.15) is 42.7 Å². The molecule has 40 heavy (non-hydrogen) atoms. The first-order chi connectivity index (χ1) is 18.9. The zero-order valence-electron chi connectivity index (χ0n) is 22.2. The van der Waals surface area contributed by atoms with Crippen molar-refractivity contribution in [2.75, 3.05) is 5.32 Å². The van der Waals surface area contributed by atoms with Crippen LogP contribution in [0.2, 0.25) is 5.02 Å². The van der Waals surface area contributed by atoms with Gasteiger partial charge in [-0.3, -0.25) is 9.36 Å². The average Bonchev–Trinajstić information content (AvgIpc) is 3.30. The summed E-state index contributed by atoms with van der Waals surface area (Å²) in [6.45, 7) is 10.6. The fraction of sp³-hybridized carbons (Fsp3) is 0.233. The van der Waals surface area contributed by atoms with Crippen LogP contribution in [0.15, 0.2) is 90.6 Å². The molecule has 0 unspecified atom stereocenters. The molecular formula is C30H28ClF3N4OS. The molecule has 1 aromatic heterocycles. The molecule has 5 nitrogen and oxygen atoms in total. The molecule has 4 aromatic rings. The van der Waals surface area contributed by atoms with Gasteiger partial charge in [0, 0.05) is 17.1 Å². The summed E-state index contributed by atoms with van der Waals surface area (Å²) in [6, 6.07) is 20.1. The predicted molar refractivity (Wildman–Crippen MR) is 154 cm³/mol. The third kappa shape index (κ3) is 6.77. The van der Waals surface area contributed by atoms with Gasteiger partial charge in [0.2, 0.25) is 5.91 Å². The monoisotopic (exact) mass is 584 g/mol. The van der Waals surface area contributed by atoms with Crippen molar-refractivity contribution < 1.29 is 18.0 Å². The maximum Gasteiger partial charge on any atom is 0.418 e. The zero-order chi connectivity index (χ0) is 29.1. The first kappa shape index (κ1) is 29.4. The minimum absolute atomic E-state index is 0.0132. The van der Waals surface area contributed by atoms with E-state index in [0.29, 0.717) is 23.1 Å². The van der Waals surface area contributed by atoms with Gasteiger partial charge in [0.1, 0.15) is 5.25 Å². The minimum atomic E-state index is -4.70. The summed E-state index contributed by atoms with van der Waals surface area (Å²) in [4.78, 5) is 13.5. The van der Waals surface area contributed by atoms with Crippen molar-refractivity contribution in [3.05, 3.63) is 107 Å². The second-order valence-corrected chi connectivity index (χ2v) is 11.6. The summed E-state index contributed by atoms with van der Waals surface area (Å²) >= 11 is 6.91. The Morgan fingerprint density at radius 1 is 1.05 bits per heavy atom. The van der Waals surface area contributed by atoms with Crippen LogP contribution in [-0.4, -0.2) is 20.7 Å². The van der Waals surface area contributed by atoms with Crippen molar-refractivity contribution in [3.63, 3.8) is 0 Å². The standard InChI is InChI=1S/C30H28ClF3N4OS/c1-5-17-38-26(20-11-13-21(14-12-20)29(2,3)4)36-37-28(38)40-25(19-9-7-6-8-10-19)27(39)35-24-16-15-22(31)18-23(24)30(32,33)34/h5-16,18,25H,1,17H2,2-4H3,(H,35,39)/t25-/m1/s1. The summed E-state index contributed by atoms with van der Waals surface area (Å²) < 4.78 is 42.9. The highest BCUT2D eigenvalue weighted by Crippen LogP contribution is 2.40. The number of anilines is 1. The van der Waals surface area contributed by atoms with Gasteiger partial charge in [0.05, 0.1) is 11.3 Å². The smallest absolute Gasteiger partial charge is 0.324 e. The van der Waals surface area contributed by atoms with E-state index in [1.54, 1.807) is 36.4 Å². The van der Waals surface area contributed by atoms with Gasteiger partial charge in [-0.15, -0.1) is 16.8 Å². The molecule has 208 valence electrons. The van der Waals surface area contributed by atoms with Gasteiger partial charge in [-0.05, 0) is 34.7 Å². The Labute approximate surface area is 240 Å². The largest absolute Gasteiger partial charge is 0.418 e. The Hall–Kier alpha value is -3.56. The van der Waals surface area contributed by atoms with E-state index < -0.39 is 22.9 Å². The first-order valence-corrected chi connectivity index (χ1v) is 13.7. The van der Waals surface area contributed by atoms with Gasteiger partial charge in [0.25, 0.3) is 0 Å². The highest BCUT2D eigenvalue weighted by atomic mass is 35.5. The molecule has 0 saturated heterocycles. The number of carbonyl (C=O) groups excluding carboxylic acids is 1. The van der Waals surface area contributed by atoms with Crippen molar-refractivity contribution in [2.45, 2.75) is 49.3 Å². The highest BCUT2D eigenvalue weighted by molar-refractivity contribution is 8.00. The Morgan fingerprint density at radius 2 is 1.73 bits per heavy atom. The molecule has 0 bridgehead atoms. The second-order valence-electron chi connectivity index (χ2n) is 10.1. The van der Waals surface area contributed by atoms with Gasteiger partial charge in [-0.1, -0.05) is 105 Å². The number of thioether (sulfide) groups is 1. The molecule has 0 fully saturated rings. The molecule has 1 heterocycles. The van der Waals surface area contributed by atoms with Crippen LogP contribution in [0.25, 0.3) is 11.4 Å². The summed E-state index contributed by atoms with van der Waals surface area (Å²) in [5.41, 5.74) is 1.18. The molecule has 0 spiro atoms. The number of nitrogens with zero attached hydrogens (tertiary/aromatic N) is 3. The van der Waals surface area contributed by atoms with E-state index in [9.17, 15) is 18.0 Å². The van der Waals surface area contributed by atoms with Gasteiger partial charge >= 0.3 is 6.18 Å². The summed E-state index contributed by atoms with van der Waals surface area (Å²) in [7, 11) is 0. The second kappa shape index (κ2) is 11.9. The van der Waals surface area contributed by atoms with Crippen molar-refractivity contribution in [1.82, 2.24) is 14.8 Å². The Balaban J connectivity index is 1.70. The lowest BCUT2D eigenvalue weighted by molar-refractivity contribution is -0.137. The number of benzene rings is 3. The summed E-state index contributed by atoms with van der Waals surface area (Å²) in [6.07, 6.45) is -3.01. The highest BCUT2D eigenvalue weighted by Gasteiger charge is 2.35. The zero-order valence-corrected chi connectivity index (χ0v) is 23.7. The molecule has 0 aliphatic rings. The van der Waals surface area contributed by atoms with Crippen LogP contribution in [0.5, 0.6) is 0 Å². The number of rotatable bonds is 8. The molecule has 4 rings (SSSR count). The molecule has 0 aliphatic carbocycles. The van der Waals surface area contributed by atoms with Crippen molar-refractivity contribution in [1.29, 1.82) is 0 Å². The van der Waals surface area contributed by atoms with E-state index in [2.05, 4.69) is 42.9 Å². The number of amides is 1. The molecule has 10 heteroatoms. The molecule has 1 amide bonds. The molecule has 3 aromatic carbocycles. The normalized spacial score (nSPS) is 12.7. The van der Waals surface area contributed by atoms with E-state index in [1.165, 1.54) is 11.6 Å². The van der Waals surface area contributed by atoms with E-state index in [1.807, 2.05) is 28.8 Å². The van der Waals surface area contributed by atoms with Crippen LogP contribution < -0.4 is 5.32 Å². The number of aromatic nitrogens is 3. The van der Waals surface area contributed by atoms with Crippen LogP contribution >= 0.6 is 23.4 Å². The van der Waals surface area contributed by atoms with Crippen LogP contribution in [0.3, 0.4) is 0 Å². The SMILES string of the molecule is C=CCn1c(S[C@@H](C(=O)Nc2ccc(Cl)cc2C(F)(F)F)c2ccccc2)nnc1-c1ccc(C(C)(C)C)cc1. The predicted octanol–water partition coefficient (Wildman–Crippen LogP) is 8.57. The van der Waals surface area contributed by atoms with Gasteiger partial charge in [-0.25, -0.2) is 0 Å². The van der Waals surface area contributed by atoms with Gasteiger partial charge in [-0.2, -0.15) is 13.2 Å². The maximum absolute atomic E-state index is 13.7. The number of carbonyl (C=O) groups is 1. The minimum Gasteiger partial charge on any atom is -0.324 e. The Bertz CT molecular complexity index is 1500. The lowest BCUT2D eigenvalue weighted by Gasteiger charge is -2.20. The quantitative estimate of drug-likeness (QED) is 0.166. The lowest BCUT2D eigenvalue weighted by atomic mass is 9.87. The summed E-state index contributed by atoms with van der Waals surface area (Å²) in [5, 5.41) is 10.6.